The van der Waals surface area contributed by atoms with Crippen molar-refractivity contribution in [2.75, 3.05) is 45.9 Å². The minimum atomic E-state index is -1.29. The first-order chi connectivity index (χ1) is 52.8. The van der Waals surface area contributed by atoms with Crippen LogP contribution in [0.15, 0.2) is 12.2 Å². The standard InChI is InChI=1S/C16H30N2O6.2C14H26N2O6.C14H23NO6.C13H23NO4.C6H8O4/c1-7-23-13(19)12(11-16(5,6)18(21)22)9-8-10-17-14(20)24-15(2,3)4;2*1-13(2,3)22-12(19)15-8-6-7-10(11(17)18)9-14(4,5)16(20)21;1-13(2,3)21-12(18)15-8-6-7-9-10(16)19-14(4,5)20-11(9)17;1-6-17-11(15)10(2)8-7-9-14-12(16)18-13(3,4)5;1-6(2)9-4(7)3-5(8)10-6/h12H,7-11H2,1-6H3,(H,17,20);2*10H,6-9H2,1-5H3,(H,15,19)(H,17,18);9H,6-8H2,1-5H3,(H,15,18);2,6-9H2,1,3-5H3,(H,14,16);3H2,1-2H3/t;10-;;;;/m.1..../s1. The maximum Gasteiger partial charge on any atom is 0.407 e. The molecule has 3 atom stereocenters. The zero-order valence-corrected chi connectivity index (χ0v) is 73.8. The highest BCUT2D eigenvalue weighted by atomic mass is 16.8. The Kier molecular flexibility index (Phi) is 50.4. The van der Waals surface area contributed by atoms with E-state index in [1.54, 1.807) is 118 Å². The number of esters is 6. The molecule has 676 valence electrons. The van der Waals surface area contributed by atoms with Gasteiger partial charge in [-0.1, -0.05) is 6.58 Å². The van der Waals surface area contributed by atoms with Crippen LogP contribution in [-0.2, 0) is 90.5 Å². The van der Waals surface area contributed by atoms with Gasteiger partial charge in [0.1, 0.15) is 34.4 Å². The smallest absolute Gasteiger partial charge is 0.407 e. The van der Waals surface area contributed by atoms with Gasteiger partial charge in [0.05, 0.1) is 31.0 Å². The van der Waals surface area contributed by atoms with E-state index >= 15 is 0 Å². The molecule has 2 aliphatic rings. The number of hydrogen-bond donors (Lipinski definition) is 7. The van der Waals surface area contributed by atoms with E-state index in [4.69, 9.17) is 52.8 Å². The van der Waals surface area contributed by atoms with E-state index < -0.39 is 167 Å². The van der Waals surface area contributed by atoms with Crippen molar-refractivity contribution in [2.24, 2.45) is 23.7 Å². The van der Waals surface area contributed by atoms with Gasteiger partial charge >= 0.3 is 78.2 Å². The van der Waals surface area contributed by atoms with E-state index in [0.717, 1.165) is 0 Å². The van der Waals surface area contributed by atoms with Crippen molar-refractivity contribution in [1.29, 1.82) is 0 Å². The van der Waals surface area contributed by atoms with Gasteiger partial charge < -0.3 is 88.9 Å². The first-order valence-corrected chi connectivity index (χ1v) is 38.5. The van der Waals surface area contributed by atoms with Crippen LogP contribution in [0.5, 0.6) is 0 Å². The van der Waals surface area contributed by atoms with Crippen molar-refractivity contribution in [3.63, 3.8) is 0 Å². The largest absolute Gasteiger partial charge is 0.481 e. The highest BCUT2D eigenvalue weighted by Gasteiger charge is 2.44. The molecular formula is C77H136N8O32. The fourth-order valence-electron chi connectivity index (χ4n) is 9.47. The van der Waals surface area contributed by atoms with Crippen molar-refractivity contribution in [3.05, 3.63) is 42.5 Å². The summed E-state index contributed by atoms with van der Waals surface area (Å²) in [7, 11) is 0. The summed E-state index contributed by atoms with van der Waals surface area (Å²) in [6.45, 7) is 50.3. The predicted octanol–water partition coefficient (Wildman–Crippen LogP) is 12.2. The van der Waals surface area contributed by atoms with Crippen LogP contribution in [0.25, 0.3) is 0 Å². The second-order valence-corrected chi connectivity index (χ2v) is 34.8. The van der Waals surface area contributed by atoms with E-state index in [0.29, 0.717) is 76.8 Å². The molecule has 2 heterocycles. The zero-order chi connectivity index (χ0) is 92.3. The molecule has 117 heavy (non-hydrogen) atoms. The van der Waals surface area contributed by atoms with Crippen LogP contribution in [0.2, 0.25) is 0 Å². The predicted molar refractivity (Wildman–Crippen MR) is 423 cm³/mol. The van der Waals surface area contributed by atoms with Crippen LogP contribution in [0.3, 0.4) is 0 Å². The van der Waals surface area contributed by atoms with Crippen LogP contribution in [-0.4, -0.2) is 205 Å². The fourth-order valence-corrected chi connectivity index (χ4v) is 9.47. The van der Waals surface area contributed by atoms with Crippen molar-refractivity contribution in [3.8, 4) is 0 Å². The normalized spacial score (nSPS) is 14.7. The maximum absolute atomic E-state index is 12.0. The lowest BCUT2D eigenvalue weighted by Gasteiger charge is -2.32. The minimum Gasteiger partial charge on any atom is -0.481 e. The number of nitrogens with zero attached hydrogens (tertiary/aromatic N) is 3. The summed E-state index contributed by atoms with van der Waals surface area (Å²) >= 11 is 0. The average molecular weight is 1690 g/mol. The molecular weight excluding hydrogens is 1550 g/mol. The van der Waals surface area contributed by atoms with Crippen molar-refractivity contribution < 1.29 is 139 Å². The van der Waals surface area contributed by atoms with Crippen LogP contribution in [0.1, 0.15) is 277 Å². The number of rotatable bonds is 35. The molecule has 2 fully saturated rings. The second kappa shape index (κ2) is 52.0. The summed E-state index contributed by atoms with van der Waals surface area (Å²) in [5.41, 5.74) is -6.20. The molecule has 40 heteroatoms. The van der Waals surface area contributed by atoms with Gasteiger partial charge in [-0.15, -0.1) is 0 Å². The Morgan fingerprint density at radius 1 is 0.436 bits per heavy atom. The molecule has 2 rings (SSSR count). The quantitative estimate of drug-likeness (QED) is 0.00589. The number of cyclic esters (lactones) is 4. The maximum atomic E-state index is 12.0. The van der Waals surface area contributed by atoms with Crippen molar-refractivity contribution in [2.45, 2.75) is 333 Å². The molecule has 2 unspecified atom stereocenters. The highest BCUT2D eigenvalue weighted by molar-refractivity contribution is 5.96. The average Bonchev–Trinajstić information content (AvgIpc) is 0.821. The lowest BCUT2D eigenvalue weighted by atomic mass is 9.88. The molecule has 0 aromatic carbocycles. The third kappa shape index (κ3) is 61.1. The Morgan fingerprint density at radius 2 is 0.692 bits per heavy atom. The molecule has 0 aromatic heterocycles. The summed E-state index contributed by atoms with van der Waals surface area (Å²) in [4.78, 5) is 179. The Balaban J connectivity index is -0.000000663. The van der Waals surface area contributed by atoms with Crippen LogP contribution in [0, 0.1) is 54.0 Å². The molecule has 40 nitrogen and oxygen atoms in total. The lowest BCUT2D eigenvalue weighted by Crippen LogP contribution is -2.46. The number of ether oxygens (including phenoxy) is 11. The molecule has 0 spiro atoms. The van der Waals surface area contributed by atoms with Gasteiger partial charge in [0.25, 0.3) is 11.6 Å². The van der Waals surface area contributed by atoms with Crippen LogP contribution in [0.4, 0.5) is 24.0 Å². The Bertz CT molecular complexity index is 3140. The van der Waals surface area contributed by atoms with Gasteiger partial charge in [0.2, 0.25) is 16.6 Å². The number of carboxylic acids is 2. The highest BCUT2D eigenvalue weighted by Crippen LogP contribution is 2.29. The molecule has 0 saturated carbocycles. The topological polar surface area (TPSA) is 553 Å². The molecule has 0 bridgehead atoms. The molecule has 2 saturated heterocycles. The molecule has 0 aliphatic carbocycles. The Morgan fingerprint density at radius 3 is 0.949 bits per heavy atom. The fraction of sp³-hybridized carbons (Fsp3) is 0.805. The Labute approximate surface area is 686 Å². The van der Waals surface area contributed by atoms with E-state index in [9.17, 15) is 92.7 Å². The first kappa shape index (κ1) is 113. The van der Waals surface area contributed by atoms with Gasteiger partial charge in [-0.3, -0.25) is 63.9 Å². The number of nitrogens with one attached hydrogen (secondary N) is 5. The summed E-state index contributed by atoms with van der Waals surface area (Å²) < 4.78 is 54.5. The summed E-state index contributed by atoms with van der Waals surface area (Å²) in [6.07, 6.45) is 1.08. The van der Waals surface area contributed by atoms with E-state index in [1.807, 2.05) is 0 Å². The molecule has 2 aliphatic heterocycles. The van der Waals surface area contributed by atoms with Crippen molar-refractivity contribution >= 4 is 78.2 Å². The number of carboxylic acid groups (broad SMARTS) is 2. The zero-order valence-electron chi connectivity index (χ0n) is 73.8. The summed E-state index contributed by atoms with van der Waals surface area (Å²) in [5.74, 6) is -10.6. The third-order valence-corrected chi connectivity index (χ3v) is 14.7. The number of carbonyl (C=O) groups is 13. The number of alkyl carbamates (subject to hydrolysis) is 5. The number of amides is 5. The van der Waals surface area contributed by atoms with Gasteiger partial charge in [0.15, 0.2) is 5.92 Å². The lowest BCUT2D eigenvalue weighted by molar-refractivity contribution is -0.562. The Hall–Kier alpha value is -9.95. The number of hydrogen-bond acceptors (Lipinski definition) is 30. The number of carbonyl (C=O) groups excluding carboxylic acids is 11. The van der Waals surface area contributed by atoms with Crippen LogP contribution < -0.4 is 26.6 Å². The third-order valence-electron chi connectivity index (χ3n) is 14.7. The number of aliphatic carboxylic acids is 2. The molecule has 0 radical (unpaired) electrons. The first-order valence-electron chi connectivity index (χ1n) is 38.5. The SMILES string of the molecule is C=C(CCCNC(=O)OC(C)(C)C)C(=O)OCC.CC(C)(C)OC(=O)NCCCC(CC(C)(C)[N+](=O)[O-])C(=O)O.CC(C)(C)OC(=O)NCCCC1C(=O)OC(C)(C)OC1=O.CC(C)(C)OC(=O)NCCC[C@H](CC(C)(C)[N+](=O)[O-])C(=O)O.CC1(C)OC(=O)CC(=O)O1.CCOC(=O)C(CCCNC(=O)OC(C)(C)C)CC(C)(C)[N+](=O)[O-]. The molecule has 5 amide bonds. The molecule has 7 N–H and O–H groups in total. The van der Waals surface area contributed by atoms with Gasteiger partial charge in [0, 0.05) is 142 Å². The van der Waals surface area contributed by atoms with E-state index in [2.05, 4.69) is 42.6 Å². The van der Waals surface area contributed by atoms with Gasteiger partial charge in [-0.05, 0) is 182 Å². The van der Waals surface area contributed by atoms with Crippen molar-refractivity contribution in [1.82, 2.24) is 26.6 Å². The second-order valence-electron chi connectivity index (χ2n) is 34.8. The van der Waals surface area contributed by atoms with Crippen LogP contribution >= 0.6 is 0 Å². The van der Waals surface area contributed by atoms with Gasteiger partial charge in [-0.2, -0.15) is 0 Å². The van der Waals surface area contributed by atoms with E-state index in [1.165, 1.54) is 69.2 Å². The van der Waals surface area contributed by atoms with E-state index in [-0.39, 0.29) is 70.6 Å². The summed E-state index contributed by atoms with van der Waals surface area (Å²) in [5, 5.41) is 63.9. The van der Waals surface area contributed by atoms with Gasteiger partial charge in [-0.25, -0.2) is 28.8 Å². The minimum absolute atomic E-state index is 0.0538. The number of nitro groups is 3. The monoisotopic (exact) mass is 1680 g/mol. The molecule has 0 aromatic rings. The summed E-state index contributed by atoms with van der Waals surface area (Å²) in [6, 6.07) is 0.